The lowest BCUT2D eigenvalue weighted by atomic mass is 9.78. The molecule has 4 heteroatoms. The largest absolute Gasteiger partial charge is 0.356 e. The lowest BCUT2D eigenvalue weighted by Gasteiger charge is -2.27. The highest BCUT2D eigenvalue weighted by atomic mass is 16.5. The molecule has 1 amide bonds. The van der Waals surface area contributed by atoms with Crippen molar-refractivity contribution in [1.29, 1.82) is 0 Å². The zero-order chi connectivity index (χ0) is 16.4. The number of benzene rings is 2. The minimum atomic E-state index is 0.00491. The number of para-hydroxylation sites is 1. The van der Waals surface area contributed by atoms with Crippen molar-refractivity contribution in [3.8, 4) is 0 Å². The van der Waals surface area contributed by atoms with Gasteiger partial charge in [0.2, 0.25) is 0 Å². The molecular formula is C20H20N2O2. The van der Waals surface area contributed by atoms with Crippen LogP contribution in [0.3, 0.4) is 0 Å². The quantitative estimate of drug-likeness (QED) is 0.771. The summed E-state index contributed by atoms with van der Waals surface area (Å²) < 4.78 is 5.30. The third-order valence-corrected chi connectivity index (χ3v) is 4.85. The number of aromatic nitrogens is 1. The van der Waals surface area contributed by atoms with Gasteiger partial charge in [-0.2, -0.15) is 0 Å². The van der Waals surface area contributed by atoms with Crippen LogP contribution in [-0.4, -0.2) is 17.6 Å². The first kappa shape index (κ1) is 14.9. The van der Waals surface area contributed by atoms with Crippen LogP contribution >= 0.6 is 0 Å². The van der Waals surface area contributed by atoms with Gasteiger partial charge in [-0.05, 0) is 42.5 Å². The minimum Gasteiger partial charge on any atom is -0.356 e. The number of hydrogen-bond acceptors (Lipinski definition) is 3. The van der Waals surface area contributed by atoms with Crippen LogP contribution in [0, 0.1) is 0 Å². The number of carbonyl (C=O) groups excluding carboxylic acids is 1. The molecule has 122 valence electrons. The van der Waals surface area contributed by atoms with Gasteiger partial charge >= 0.3 is 0 Å². The van der Waals surface area contributed by atoms with E-state index >= 15 is 0 Å². The average molecular weight is 320 g/mol. The van der Waals surface area contributed by atoms with Crippen LogP contribution in [0.2, 0.25) is 0 Å². The molecule has 1 heterocycles. The molecule has 1 saturated carbocycles. The van der Waals surface area contributed by atoms with E-state index in [1.54, 1.807) is 0 Å². The summed E-state index contributed by atoms with van der Waals surface area (Å²) in [7, 11) is 0. The van der Waals surface area contributed by atoms with Crippen LogP contribution in [0.5, 0.6) is 0 Å². The van der Waals surface area contributed by atoms with Crippen molar-refractivity contribution in [1.82, 2.24) is 10.5 Å². The van der Waals surface area contributed by atoms with E-state index in [0.29, 0.717) is 18.9 Å². The van der Waals surface area contributed by atoms with E-state index in [0.717, 1.165) is 22.2 Å². The Labute approximate surface area is 140 Å². The Morgan fingerprint density at radius 1 is 1.12 bits per heavy atom. The molecule has 0 radical (unpaired) electrons. The van der Waals surface area contributed by atoms with E-state index in [1.165, 1.54) is 24.8 Å². The summed E-state index contributed by atoms with van der Waals surface area (Å²) in [5.41, 5.74) is 3.67. The van der Waals surface area contributed by atoms with E-state index in [-0.39, 0.29) is 5.91 Å². The van der Waals surface area contributed by atoms with E-state index < -0.39 is 0 Å². The highest BCUT2D eigenvalue weighted by molar-refractivity contribution is 5.96. The van der Waals surface area contributed by atoms with Gasteiger partial charge in [0.15, 0.2) is 5.58 Å². The number of rotatable bonds is 5. The predicted octanol–water partition coefficient (Wildman–Crippen LogP) is 4.07. The molecule has 3 aromatic rings. The van der Waals surface area contributed by atoms with Crippen LogP contribution in [0.15, 0.2) is 53.1 Å². The SMILES string of the molecule is O=C(NCCc1noc2ccccc12)c1ccccc1C1CCC1. The van der Waals surface area contributed by atoms with Gasteiger partial charge < -0.3 is 9.84 Å². The number of carbonyl (C=O) groups is 1. The molecule has 4 nitrogen and oxygen atoms in total. The van der Waals surface area contributed by atoms with E-state index in [4.69, 9.17) is 4.52 Å². The molecule has 1 aromatic heterocycles. The maximum Gasteiger partial charge on any atom is 0.251 e. The molecule has 1 N–H and O–H groups in total. The zero-order valence-corrected chi connectivity index (χ0v) is 13.5. The van der Waals surface area contributed by atoms with Gasteiger partial charge in [-0.25, -0.2) is 0 Å². The minimum absolute atomic E-state index is 0.00491. The second kappa shape index (κ2) is 6.48. The van der Waals surface area contributed by atoms with Gasteiger partial charge in [0.05, 0.1) is 5.69 Å². The molecule has 0 saturated heterocycles. The van der Waals surface area contributed by atoms with Crippen LogP contribution < -0.4 is 5.32 Å². The molecule has 0 spiro atoms. The lowest BCUT2D eigenvalue weighted by Crippen LogP contribution is -2.27. The summed E-state index contributed by atoms with van der Waals surface area (Å²) >= 11 is 0. The molecule has 0 aliphatic heterocycles. The summed E-state index contributed by atoms with van der Waals surface area (Å²) in [6.07, 6.45) is 4.30. The Kier molecular flexibility index (Phi) is 4.03. The predicted molar refractivity (Wildman–Crippen MR) is 93.1 cm³/mol. The molecule has 1 fully saturated rings. The molecule has 4 rings (SSSR count). The summed E-state index contributed by atoms with van der Waals surface area (Å²) in [5.74, 6) is 0.553. The highest BCUT2D eigenvalue weighted by Crippen LogP contribution is 2.37. The molecule has 0 atom stereocenters. The third kappa shape index (κ3) is 2.80. The van der Waals surface area contributed by atoms with Crippen LogP contribution in [0.1, 0.15) is 46.8 Å². The summed E-state index contributed by atoms with van der Waals surface area (Å²) in [5, 5.41) is 8.15. The smallest absolute Gasteiger partial charge is 0.251 e. The maximum absolute atomic E-state index is 12.5. The number of hydrogen-bond donors (Lipinski definition) is 1. The zero-order valence-electron chi connectivity index (χ0n) is 13.5. The first-order chi connectivity index (χ1) is 11.8. The van der Waals surface area contributed by atoms with Crippen molar-refractivity contribution >= 4 is 16.9 Å². The molecule has 0 bridgehead atoms. The van der Waals surface area contributed by atoms with Gasteiger partial charge in [0.25, 0.3) is 5.91 Å². The average Bonchev–Trinajstić information content (AvgIpc) is 2.97. The Bertz CT molecular complexity index is 865. The van der Waals surface area contributed by atoms with E-state index in [1.807, 2.05) is 42.5 Å². The highest BCUT2D eigenvalue weighted by Gasteiger charge is 2.24. The lowest BCUT2D eigenvalue weighted by molar-refractivity contribution is 0.0952. The molecule has 0 unspecified atom stereocenters. The summed E-state index contributed by atoms with van der Waals surface area (Å²) in [6.45, 7) is 0.550. The number of nitrogens with one attached hydrogen (secondary N) is 1. The summed E-state index contributed by atoms with van der Waals surface area (Å²) in [4.78, 5) is 12.5. The Balaban J connectivity index is 1.42. The van der Waals surface area contributed by atoms with Crippen molar-refractivity contribution in [2.75, 3.05) is 6.54 Å². The normalized spacial score (nSPS) is 14.5. The van der Waals surface area contributed by atoms with Gasteiger partial charge in [-0.3, -0.25) is 4.79 Å². The first-order valence-corrected chi connectivity index (χ1v) is 8.53. The fraction of sp³-hybridized carbons (Fsp3) is 0.300. The van der Waals surface area contributed by atoms with Gasteiger partial charge in [0.1, 0.15) is 0 Å². The molecule has 24 heavy (non-hydrogen) atoms. The fourth-order valence-electron chi connectivity index (χ4n) is 3.29. The second-order valence-corrected chi connectivity index (χ2v) is 6.35. The topological polar surface area (TPSA) is 55.1 Å². The fourth-order valence-corrected chi connectivity index (χ4v) is 3.29. The van der Waals surface area contributed by atoms with Crippen molar-refractivity contribution in [3.63, 3.8) is 0 Å². The second-order valence-electron chi connectivity index (χ2n) is 6.35. The van der Waals surface area contributed by atoms with Crippen LogP contribution in [-0.2, 0) is 6.42 Å². The molecule has 2 aromatic carbocycles. The first-order valence-electron chi connectivity index (χ1n) is 8.53. The van der Waals surface area contributed by atoms with Gasteiger partial charge in [-0.1, -0.05) is 41.9 Å². The number of amides is 1. The molecule has 1 aliphatic carbocycles. The van der Waals surface area contributed by atoms with E-state index in [9.17, 15) is 4.79 Å². The Morgan fingerprint density at radius 2 is 1.92 bits per heavy atom. The molecular weight excluding hydrogens is 300 g/mol. The monoisotopic (exact) mass is 320 g/mol. The van der Waals surface area contributed by atoms with Gasteiger partial charge in [-0.15, -0.1) is 0 Å². The van der Waals surface area contributed by atoms with E-state index in [2.05, 4.69) is 16.5 Å². The molecule has 1 aliphatic rings. The van der Waals surface area contributed by atoms with Crippen LogP contribution in [0.4, 0.5) is 0 Å². The summed E-state index contributed by atoms with van der Waals surface area (Å²) in [6, 6.07) is 15.8. The Morgan fingerprint density at radius 3 is 2.75 bits per heavy atom. The van der Waals surface area contributed by atoms with Crippen molar-refractivity contribution in [3.05, 3.63) is 65.4 Å². The van der Waals surface area contributed by atoms with Crippen LogP contribution in [0.25, 0.3) is 11.0 Å². The van der Waals surface area contributed by atoms with Crippen molar-refractivity contribution in [2.24, 2.45) is 0 Å². The Hall–Kier alpha value is -2.62. The third-order valence-electron chi connectivity index (χ3n) is 4.85. The number of nitrogens with zero attached hydrogens (tertiary/aromatic N) is 1. The standard InChI is InChI=1S/C20H20N2O2/c23-20(16-9-2-1-8-15(16)14-6-5-7-14)21-13-12-18-17-10-3-4-11-19(17)24-22-18/h1-4,8-11,14H,5-7,12-13H2,(H,21,23). The maximum atomic E-state index is 12.5. The van der Waals surface area contributed by atoms with Crippen molar-refractivity contribution < 1.29 is 9.32 Å². The van der Waals surface area contributed by atoms with Crippen molar-refractivity contribution in [2.45, 2.75) is 31.6 Å². The number of fused-ring (bicyclic) bond motifs is 1. The van der Waals surface area contributed by atoms with Gasteiger partial charge in [0, 0.05) is 23.9 Å².